The maximum Gasteiger partial charge on any atom is 0.321 e. The second-order valence-corrected chi connectivity index (χ2v) is 8.28. The van der Waals surface area contributed by atoms with Gasteiger partial charge in [0.15, 0.2) is 0 Å². The molecule has 1 aromatic heterocycles. The van der Waals surface area contributed by atoms with Crippen LogP contribution in [0.25, 0.3) is 0 Å². The van der Waals surface area contributed by atoms with E-state index in [-0.39, 0.29) is 10.6 Å². The molecule has 1 heterocycles. The monoisotopic (exact) mass is 385 g/mol. The van der Waals surface area contributed by atoms with Gasteiger partial charge in [0.25, 0.3) is 10.0 Å². The number of carboxylic acid groups (broad SMARTS) is 2. The molecular weight excluding hydrogens is 374 g/mol. The first kappa shape index (κ1) is 17.1. The lowest BCUT2D eigenvalue weighted by molar-refractivity contribution is -0.140. The number of carbonyl (C=O) groups is 2. The second-order valence-electron chi connectivity index (χ2n) is 3.97. The van der Waals surface area contributed by atoms with Gasteiger partial charge in [0.05, 0.1) is 3.79 Å². The molecule has 0 saturated heterocycles. The number of carboxylic acids is 2. The summed E-state index contributed by atoms with van der Waals surface area (Å²) in [7, 11) is -3.99. The molecule has 0 aliphatic rings. The number of aliphatic carboxylic acids is 2. The summed E-state index contributed by atoms with van der Waals surface area (Å²) in [6.45, 7) is 1.71. The number of rotatable bonds is 7. The fourth-order valence-corrected chi connectivity index (χ4v) is 4.78. The van der Waals surface area contributed by atoms with Crippen LogP contribution in [0.2, 0.25) is 0 Å². The fraction of sp³-hybridized carbons (Fsp3) is 0.400. The molecule has 112 valence electrons. The van der Waals surface area contributed by atoms with E-state index in [0.29, 0.717) is 9.35 Å². The smallest absolute Gasteiger partial charge is 0.321 e. The molecule has 20 heavy (non-hydrogen) atoms. The largest absolute Gasteiger partial charge is 0.481 e. The summed E-state index contributed by atoms with van der Waals surface area (Å²) in [5.41, 5.74) is 0.716. The lowest BCUT2D eigenvalue weighted by Crippen LogP contribution is -2.40. The van der Waals surface area contributed by atoms with E-state index < -0.39 is 34.4 Å². The average molecular weight is 386 g/mol. The number of hydrogen-bond acceptors (Lipinski definition) is 5. The zero-order valence-electron chi connectivity index (χ0n) is 10.3. The Morgan fingerprint density at radius 1 is 1.45 bits per heavy atom. The van der Waals surface area contributed by atoms with Crippen molar-refractivity contribution in [2.24, 2.45) is 0 Å². The molecule has 10 heteroatoms. The van der Waals surface area contributed by atoms with Gasteiger partial charge in [-0.25, -0.2) is 8.42 Å². The van der Waals surface area contributed by atoms with E-state index in [1.54, 1.807) is 6.92 Å². The molecule has 0 radical (unpaired) electrons. The highest BCUT2D eigenvalue weighted by Crippen LogP contribution is 2.30. The molecule has 0 saturated carbocycles. The molecule has 3 N–H and O–H groups in total. The average Bonchev–Trinajstić information content (AvgIpc) is 2.65. The molecule has 0 aliphatic carbocycles. The molecule has 0 aromatic carbocycles. The standard InChI is InChI=1S/C10H12BrNO6S2/c1-5-4-8(19-9(5)11)20(17,18)12-6(10(15)16)2-3-7(13)14/h4,6,12H,2-3H2,1H3,(H,13,14)(H,15,16). The number of sulfonamides is 1. The van der Waals surface area contributed by atoms with Gasteiger partial charge >= 0.3 is 11.9 Å². The molecule has 1 aromatic rings. The predicted octanol–water partition coefficient (Wildman–Crippen LogP) is 1.42. The van der Waals surface area contributed by atoms with Crippen LogP contribution in [0, 0.1) is 6.92 Å². The number of aryl methyl sites for hydroxylation is 1. The molecule has 1 rings (SSSR count). The van der Waals surface area contributed by atoms with Gasteiger partial charge in [0, 0.05) is 6.42 Å². The van der Waals surface area contributed by atoms with Crippen molar-refractivity contribution in [3.05, 3.63) is 15.4 Å². The van der Waals surface area contributed by atoms with Crippen molar-refractivity contribution in [3.63, 3.8) is 0 Å². The van der Waals surface area contributed by atoms with Crippen LogP contribution < -0.4 is 4.72 Å². The van der Waals surface area contributed by atoms with E-state index in [4.69, 9.17) is 10.2 Å². The van der Waals surface area contributed by atoms with Crippen molar-refractivity contribution < 1.29 is 28.2 Å². The third-order valence-electron chi connectivity index (χ3n) is 2.34. The molecule has 0 bridgehead atoms. The lowest BCUT2D eigenvalue weighted by atomic mass is 10.2. The van der Waals surface area contributed by atoms with Crippen LogP contribution in [0.5, 0.6) is 0 Å². The Bertz CT molecular complexity index is 604. The number of thiophene rings is 1. The Morgan fingerprint density at radius 2 is 2.05 bits per heavy atom. The van der Waals surface area contributed by atoms with E-state index in [1.807, 2.05) is 4.72 Å². The zero-order valence-corrected chi connectivity index (χ0v) is 13.5. The highest BCUT2D eigenvalue weighted by atomic mass is 79.9. The third-order valence-corrected chi connectivity index (χ3v) is 6.42. The van der Waals surface area contributed by atoms with Crippen LogP contribution in [0.3, 0.4) is 0 Å². The van der Waals surface area contributed by atoms with Crippen LogP contribution >= 0.6 is 27.3 Å². The Balaban J connectivity index is 2.91. The number of halogens is 1. The summed E-state index contributed by atoms with van der Waals surface area (Å²) >= 11 is 4.14. The minimum absolute atomic E-state index is 0.0246. The zero-order chi connectivity index (χ0) is 15.5. The summed E-state index contributed by atoms with van der Waals surface area (Å²) in [6.07, 6.45) is -0.762. The maximum atomic E-state index is 12.0. The highest BCUT2D eigenvalue weighted by molar-refractivity contribution is 9.11. The third kappa shape index (κ3) is 4.54. The predicted molar refractivity (Wildman–Crippen MR) is 75.4 cm³/mol. The lowest BCUT2D eigenvalue weighted by Gasteiger charge is -2.12. The van der Waals surface area contributed by atoms with Crippen molar-refractivity contribution >= 4 is 49.2 Å². The first-order valence-corrected chi connectivity index (χ1v) is 8.45. The Hall–Kier alpha value is -0.970. The second kappa shape index (κ2) is 6.66. The van der Waals surface area contributed by atoms with Crippen molar-refractivity contribution in [3.8, 4) is 0 Å². The molecule has 1 unspecified atom stereocenters. The van der Waals surface area contributed by atoms with Gasteiger partial charge in [-0.15, -0.1) is 11.3 Å². The van der Waals surface area contributed by atoms with Gasteiger partial charge in [-0.1, -0.05) is 0 Å². The summed E-state index contributed by atoms with van der Waals surface area (Å²) in [4.78, 5) is 21.4. The molecule has 1 atom stereocenters. The Labute approximate surface area is 127 Å². The van der Waals surface area contributed by atoms with E-state index >= 15 is 0 Å². The van der Waals surface area contributed by atoms with Gasteiger partial charge in [-0.3, -0.25) is 9.59 Å². The summed E-state index contributed by atoms with van der Waals surface area (Å²) in [6, 6.07) is -0.0648. The Kier molecular flexibility index (Phi) is 5.68. The number of hydrogen-bond donors (Lipinski definition) is 3. The molecule has 0 amide bonds. The summed E-state index contributed by atoms with van der Waals surface area (Å²) in [5, 5.41) is 17.5. The topological polar surface area (TPSA) is 121 Å². The van der Waals surface area contributed by atoms with Crippen molar-refractivity contribution in [2.75, 3.05) is 0 Å². The summed E-state index contributed by atoms with van der Waals surface area (Å²) < 4.78 is 26.7. The van der Waals surface area contributed by atoms with Crippen LogP contribution in [-0.2, 0) is 19.6 Å². The normalized spacial score (nSPS) is 13.1. The van der Waals surface area contributed by atoms with Crippen LogP contribution in [0.15, 0.2) is 14.1 Å². The minimum Gasteiger partial charge on any atom is -0.481 e. The quantitative estimate of drug-likeness (QED) is 0.652. The fourth-order valence-electron chi connectivity index (χ4n) is 1.31. The van der Waals surface area contributed by atoms with Gasteiger partial charge < -0.3 is 10.2 Å². The summed E-state index contributed by atoms with van der Waals surface area (Å²) in [5.74, 6) is -2.60. The van der Waals surface area contributed by atoms with Gasteiger partial charge in [-0.05, 0) is 40.9 Å². The van der Waals surface area contributed by atoms with Crippen LogP contribution in [0.1, 0.15) is 18.4 Å². The minimum atomic E-state index is -3.99. The molecule has 0 aliphatic heterocycles. The molecule has 0 fully saturated rings. The highest BCUT2D eigenvalue weighted by Gasteiger charge is 2.27. The SMILES string of the molecule is Cc1cc(S(=O)(=O)NC(CCC(=O)O)C(=O)O)sc1Br. The van der Waals surface area contributed by atoms with Crippen molar-refractivity contribution in [2.45, 2.75) is 30.0 Å². The van der Waals surface area contributed by atoms with E-state index in [0.717, 1.165) is 11.3 Å². The van der Waals surface area contributed by atoms with Gasteiger partial charge in [0.2, 0.25) is 0 Å². The van der Waals surface area contributed by atoms with Crippen LogP contribution in [-0.4, -0.2) is 36.6 Å². The van der Waals surface area contributed by atoms with Gasteiger partial charge in [0.1, 0.15) is 10.3 Å². The molecule has 0 spiro atoms. The van der Waals surface area contributed by atoms with Crippen molar-refractivity contribution in [1.82, 2.24) is 4.72 Å². The Morgan fingerprint density at radius 3 is 2.45 bits per heavy atom. The van der Waals surface area contributed by atoms with E-state index in [9.17, 15) is 18.0 Å². The molecular formula is C10H12BrNO6S2. The van der Waals surface area contributed by atoms with E-state index in [2.05, 4.69) is 15.9 Å². The first-order valence-electron chi connectivity index (χ1n) is 5.36. The molecule has 7 nitrogen and oxygen atoms in total. The number of nitrogens with one attached hydrogen (secondary N) is 1. The van der Waals surface area contributed by atoms with Gasteiger partial charge in [-0.2, -0.15) is 4.72 Å². The van der Waals surface area contributed by atoms with Crippen LogP contribution in [0.4, 0.5) is 0 Å². The maximum absolute atomic E-state index is 12.0. The van der Waals surface area contributed by atoms with E-state index in [1.165, 1.54) is 6.07 Å². The van der Waals surface area contributed by atoms with Crippen molar-refractivity contribution in [1.29, 1.82) is 0 Å². The first-order chi connectivity index (χ1) is 9.13.